The van der Waals surface area contributed by atoms with Gasteiger partial charge in [-0.05, 0) is 17.7 Å². The van der Waals surface area contributed by atoms with Crippen LogP contribution >= 0.6 is 11.3 Å². The Labute approximate surface area is 129 Å². The van der Waals surface area contributed by atoms with Crippen LogP contribution in [0.2, 0.25) is 0 Å². The zero-order valence-corrected chi connectivity index (χ0v) is 13.0. The summed E-state index contributed by atoms with van der Waals surface area (Å²) >= 11 is 1.46. The minimum atomic E-state index is -3.34. The van der Waals surface area contributed by atoms with Gasteiger partial charge in [-0.3, -0.25) is 0 Å². The molecule has 0 saturated carbocycles. The predicted octanol–water partition coefficient (Wildman–Crippen LogP) is 1.68. The fourth-order valence-electron chi connectivity index (χ4n) is 1.70. The molecule has 1 aromatic carbocycles. The van der Waals surface area contributed by atoms with Gasteiger partial charge in [0.15, 0.2) is 0 Å². The summed E-state index contributed by atoms with van der Waals surface area (Å²) in [5.41, 5.74) is 6.08. The third kappa shape index (κ3) is 5.33. The van der Waals surface area contributed by atoms with E-state index in [0.29, 0.717) is 6.54 Å². The molecule has 0 atom stereocenters. The van der Waals surface area contributed by atoms with Gasteiger partial charge >= 0.3 is 0 Å². The summed E-state index contributed by atoms with van der Waals surface area (Å²) in [6, 6.07) is 12.8. The highest BCUT2D eigenvalue weighted by Gasteiger charge is 2.11. The Morgan fingerprint density at radius 3 is 2.62 bits per heavy atom. The molecule has 0 unspecified atom stereocenters. The van der Waals surface area contributed by atoms with E-state index in [2.05, 4.69) is 16.6 Å². The van der Waals surface area contributed by atoms with Crippen molar-refractivity contribution in [2.75, 3.05) is 6.54 Å². The molecule has 6 heteroatoms. The van der Waals surface area contributed by atoms with E-state index in [1.165, 1.54) is 11.3 Å². The second-order valence-corrected chi connectivity index (χ2v) is 7.31. The van der Waals surface area contributed by atoms with E-state index in [-0.39, 0.29) is 12.3 Å². The Morgan fingerprint density at radius 2 is 1.90 bits per heavy atom. The van der Waals surface area contributed by atoms with Crippen molar-refractivity contribution in [3.8, 4) is 11.8 Å². The van der Waals surface area contributed by atoms with Crippen LogP contribution in [0.3, 0.4) is 0 Å². The Bertz CT molecular complexity index is 741. The monoisotopic (exact) mass is 320 g/mol. The van der Waals surface area contributed by atoms with Crippen molar-refractivity contribution in [1.29, 1.82) is 0 Å². The third-order valence-corrected chi connectivity index (χ3v) is 4.94. The lowest BCUT2D eigenvalue weighted by atomic mass is 10.2. The quantitative estimate of drug-likeness (QED) is 0.823. The molecule has 1 heterocycles. The Morgan fingerprint density at radius 1 is 1.14 bits per heavy atom. The van der Waals surface area contributed by atoms with Crippen molar-refractivity contribution < 1.29 is 8.42 Å². The minimum Gasteiger partial charge on any atom is -0.320 e. The van der Waals surface area contributed by atoms with Crippen LogP contribution in [0.15, 0.2) is 42.5 Å². The first-order chi connectivity index (χ1) is 10.1. The molecular formula is C15H16N2O2S2. The first-order valence-corrected chi connectivity index (χ1v) is 8.85. The molecule has 0 fully saturated rings. The standard InChI is InChI=1S/C15H16N2O2S2/c16-10-4-7-14-8-9-15(20-14)11-17-21(18,19)12-13-5-2-1-3-6-13/h1-3,5-6,8-9,17H,10-12,16H2. The molecule has 1 aromatic heterocycles. The van der Waals surface area contributed by atoms with Gasteiger partial charge in [0.25, 0.3) is 0 Å². The van der Waals surface area contributed by atoms with Gasteiger partial charge in [-0.1, -0.05) is 42.2 Å². The molecule has 4 nitrogen and oxygen atoms in total. The average Bonchev–Trinajstić information content (AvgIpc) is 2.92. The second kappa shape index (κ2) is 7.38. The van der Waals surface area contributed by atoms with Gasteiger partial charge in [0.05, 0.1) is 17.2 Å². The van der Waals surface area contributed by atoms with Gasteiger partial charge in [-0.2, -0.15) is 0 Å². The second-order valence-electron chi connectivity index (χ2n) is 4.34. The number of thiophene rings is 1. The number of rotatable bonds is 5. The lowest BCUT2D eigenvalue weighted by Gasteiger charge is -2.05. The van der Waals surface area contributed by atoms with Crippen molar-refractivity contribution in [2.24, 2.45) is 5.73 Å². The molecule has 0 amide bonds. The van der Waals surface area contributed by atoms with Crippen LogP contribution in [0.5, 0.6) is 0 Å². The topological polar surface area (TPSA) is 72.2 Å². The average molecular weight is 320 g/mol. The largest absolute Gasteiger partial charge is 0.320 e. The van der Waals surface area contributed by atoms with Crippen LogP contribution in [0.1, 0.15) is 15.3 Å². The number of hydrogen-bond acceptors (Lipinski definition) is 4. The zero-order valence-electron chi connectivity index (χ0n) is 11.4. The highest BCUT2D eigenvalue weighted by molar-refractivity contribution is 7.88. The number of benzene rings is 1. The SMILES string of the molecule is NCC#Cc1ccc(CNS(=O)(=O)Cc2ccccc2)s1. The summed E-state index contributed by atoms with van der Waals surface area (Å²) in [4.78, 5) is 1.81. The molecule has 0 aliphatic rings. The molecular weight excluding hydrogens is 304 g/mol. The van der Waals surface area contributed by atoms with Crippen molar-refractivity contribution in [3.63, 3.8) is 0 Å². The van der Waals surface area contributed by atoms with E-state index < -0.39 is 10.0 Å². The van der Waals surface area contributed by atoms with Crippen LogP contribution in [-0.2, 0) is 22.3 Å². The van der Waals surface area contributed by atoms with Gasteiger partial charge in [0.1, 0.15) is 0 Å². The number of nitrogens with one attached hydrogen (secondary N) is 1. The van der Waals surface area contributed by atoms with Crippen LogP contribution < -0.4 is 10.5 Å². The summed E-state index contributed by atoms with van der Waals surface area (Å²) in [6.45, 7) is 0.598. The molecule has 2 rings (SSSR count). The van der Waals surface area contributed by atoms with Gasteiger partial charge in [0, 0.05) is 11.4 Å². The summed E-state index contributed by atoms with van der Waals surface area (Å²) in [5.74, 6) is 5.69. The van der Waals surface area contributed by atoms with E-state index >= 15 is 0 Å². The van der Waals surface area contributed by atoms with Crippen LogP contribution in [-0.4, -0.2) is 15.0 Å². The molecule has 3 N–H and O–H groups in total. The molecule has 0 bridgehead atoms. The van der Waals surface area contributed by atoms with Crippen LogP contribution in [0, 0.1) is 11.8 Å². The fraction of sp³-hybridized carbons (Fsp3) is 0.200. The van der Waals surface area contributed by atoms with Gasteiger partial charge < -0.3 is 5.73 Å². The van der Waals surface area contributed by atoms with Crippen molar-refractivity contribution in [3.05, 3.63) is 57.8 Å². The molecule has 0 radical (unpaired) electrons. The van der Waals surface area contributed by atoms with Crippen molar-refractivity contribution in [2.45, 2.75) is 12.3 Å². The van der Waals surface area contributed by atoms with E-state index in [0.717, 1.165) is 15.3 Å². The van der Waals surface area contributed by atoms with Gasteiger partial charge in [-0.25, -0.2) is 13.1 Å². The van der Waals surface area contributed by atoms with E-state index in [1.54, 1.807) is 12.1 Å². The number of nitrogens with two attached hydrogens (primary N) is 1. The number of sulfonamides is 1. The molecule has 110 valence electrons. The zero-order chi connectivity index (χ0) is 15.1. The molecule has 0 aliphatic carbocycles. The summed E-state index contributed by atoms with van der Waals surface area (Å²) in [6.07, 6.45) is 0. The smallest absolute Gasteiger partial charge is 0.216 e. The van der Waals surface area contributed by atoms with Gasteiger partial charge in [0.2, 0.25) is 10.0 Å². The summed E-state index contributed by atoms with van der Waals surface area (Å²) in [5, 5.41) is 0. The van der Waals surface area contributed by atoms with E-state index in [4.69, 9.17) is 5.73 Å². The molecule has 2 aromatic rings. The van der Waals surface area contributed by atoms with Crippen molar-refractivity contribution in [1.82, 2.24) is 4.72 Å². The molecule has 0 spiro atoms. The predicted molar refractivity (Wildman–Crippen MR) is 86.2 cm³/mol. The molecule has 21 heavy (non-hydrogen) atoms. The van der Waals surface area contributed by atoms with Crippen LogP contribution in [0.25, 0.3) is 0 Å². The maximum absolute atomic E-state index is 12.0. The molecule has 0 saturated heterocycles. The van der Waals surface area contributed by atoms with Gasteiger partial charge in [-0.15, -0.1) is 11.3 Å². The Balaban J connectivity index is 1.94. The summed E-state index contributed by atoms with van der Waals surface area (Å²) < 4.78 is 26.6. The van der Waals surface area contributed by atoms with E-state index in [1.807, 2.05) is 30.3 Å². The highest BCUT2D eigenvalue weighted by Crippen LogP contribution is 2.15. The first kappa shape index (κ1) is 15.7. The highest BCUT2D eigenvalue weighted by atomic mass is 32.2. The maximum atomic E-state index is 12.0. The van der Waals surface area contributed by atoms with Crippen LogP contribution in [0.4, 0.5) is 0 Å². The summed E-state index contributed by atoms with van der Waals surface area (Å²) in [7, 11) is -3.34. The Hall–Kier alpha value is -1.65. The van der Waals surface area contributed by atoms with E-state index in [9.17, 15) is 8.42 Å². The molecule has 0 aliphatic heterocycles. The third-order valence-electron chi connectivity index (χ3n) is 2.64. The van der Waals surface area contributed by atoms with Crippen molar-refractivity contribution >= 4 is 21.4 Å². The Kier molecular flexibility index (Phi) is 5.53. The lowest BCUT2D eigenvalue weighted by Crippen LogP contribution is -2.24. The lowest BCUT2D eigenvalue weighted by molar-refractivity contribution is 0.581. The normalized spacial score (nSPS) is 10.9. The number of hydrogen-bond donors (Lipinski definition) is 2. The fourth-order valence-corrected chi connectivity index (χ4v) is 3.73. The maximum Gasteiger partial charge on any atom is 0.216 e. The first-order valence-electron chi connectivity index (χ1n) is 6.38. The minimum absolute atomic E-state index is 0.0148.